The van der Waals surface area contributed by atoms with E-state index in [1.54, 1.807) is 22.4 Å². The van der Waals surface area contributed by atoms with E-state index >= 15 is 0 Å². The minimum atomic E-state index is -0.147. The summed E-state index contributed by atoms with van der Waals surface area (Å²) in [5, 5.41) is 0.751. The molecule has 2 aromatic rings. The Hall–Kier alpha value is -0.970. The molecule has 6 heteroatoms. The average molecular weight is 369 g/mol. The zero-order chi connectivity index (χ0) is 16.8. The lowest BCUT2D eigenvalue weighted by Crippen LogP contribution is -2.17. The van der Waals surface area contributed by atoms with E-state index in [1.165, 1.54) is 0 Å². The van der Waals surface area contributed by atoms with Crippen molar-refractivity contribution in [2.75, 3.05) is 5.75 Å². The van der Waals surface area contributed by atoms with E-state index in [0.717, 1.165) is 21.9 Å². The summed E-state index contributed by atoms with van der Waals surface area (Å²) in [7, 11) is 0. The zero-order valence-electron chi connectivity index (χ0n) is 13.2. The van der Waals surface area contributed by atoms with Crippen LogP contribution in [0.3, 0.4) is 0 Å². The highest BCUT2D eigenvalue weighted by molar-refractivity contribution is 7.99. The maximum absolute atomic E-state index is 13.2. The van der Waals surface area contributed by atoms with Crippen molar-refractivity contribution in [1.29, 1.82) is 0 Å². The molecule has 2 atom stereocenters. The van der Waals surface area contributed by atoms with Crippen LogP contribution in [0.2, 0.25) is 0 Å². The summed E-state index contributed by atoms with van der Waals surface area (Å²) in [6, 6.07) is 7.74. The van der Waals surface area contributed by atoms with Crippen molar-refractivity contribution in [2.24, 2.45) is 17.3 Å². The number of hydrogen-bond acceptors (Lipinski definition) is 3. The second-order valence-electron chi connectivity index (χ2n) is 6.27. The highest BCUT2D eigenvalue weighted by atomic mass is 35.5. The van der Waals surface area contributed by atoms with Crippen molar-refractivity contribution < 1.29 is 4.79 Å². The molecule has 0 unspecified atom stereocenters. The van der Waals surface area contributed by atoms with Gasteiger partial charge in [-0.1, -0.05) is 67.9 Å². The number of benzene rings is 1. The van der Waals surface area contributed by atoms with Gasteiger partial charge in [-0.3, -0.25) is 9.36 Å². The molecule has 0 amide bonds. The maximum Gasteiger partial charge on any atom is 0.237 e. The van der Waals surface area contributed by atoms with Crippen LogP contribution in [-0.4, -0.2) is 21.2 Å². The van der Waals surface area contributed by atoms with E-state index in [4.69, 9.17) is 23.2 Å². The topological polar surface area (TPSA) is 34.9 Å². The summed E-state index contributed by atoms with van der Waals surface area (Å²) in [5.41, 5.74) is 1.56. The van der Waals surface area contributed by atoms with Crippen molar-refractivity contribution in [1.82, 2.24) is 9.55 Å². The number of rotatable bonds is 4. The SMILES string of the molecule is CCSc1nc2ccccc2n1C(=O)[C@@H]1[C@H](C=C(Cl)Cl)C1(C)C. The molecule has 0 spiro atoms. The fourth-order valence-electron chi connectivity index (χ4n) is 3.18. The Balaban J connectivity index is 2.05. The van der Waals surface area contributed by atoms with Crippen LogP contribution in [0.1, 0.15) is 25.6 Å². The largest absolute Gasteiger partial charge is 0.274 e. The molecule has 1 aromatic heterocycles. The molecule has 0 saturated heterocycles. The molecule has 1 heterocycles. The van der Waals surface area contributed by atoms with E-state index in [0.29, 0.717) is 0 Å². The average Bonchev–Trinajstić information content (AvgIpc) is 2.85. The lowest BCUT2D eigenvalue weighted by molar-refractivity contribution is 0.0863. The monoisotopic (exact) mass is 368 g/mol. The number of carbonyl (C=O) groups is 1. The van der Waals surface area contributed by atoms with Gasteiger partial charge in [0.05, 0.1) is 17.0 Å². The number of nitrogens with zero attached hydrogens (tertiary/aromatic N) is 2. The van der Waals surface area contributed by atoms with Crippen molar-refractivity contribution in [3.63, 3.8) is 0 Å². The number of fused-ring (bicyclic) bond motifs is 1. The van der Waals surface area contributed by atoms with Crippen molar-refractivity contribution in [3.05, 3.63) is 34.8 Å². The molecule has 0 radical (unpaired) electrons. The predicted molar refractivity (Wildman–Crippen MR) is 97.3 cm³/mol. The molecule has 1 aliphatic carbocycles. The van der Waals surface area contributed by atoms with Crippen LogP contribution in [0.25, 0.3) is 11.0 Å². The second-order valence-corrected chi connectivity index (χ2v) is 8.51. The van der Waals surface area contributed by atoms with Crippen LogP contribution in [0.15, 0.2) is 40.0 Å². The van der Waals surface area contributed by atoms with Crippen LogP contribution in [0.5, 0.6) is 0 Å². The molecule has 1 aliphatic rings. The number of allylic oxidation sites excluding steroid dienone is 1. The van der Waals surface area contributed by atoms with E-state index < -0.39 is 0 Å². The number of carbonyl (C=O) groups excluding carboxylic acids is 1. The summed E-state index contributed by atoms with van der Waals surface area (Å²) in [6.45, 7) is 6.19. The Labute approximate surface area is 150 Å². The number of hydrogen-bond donors (Lipinski definition) is 0. The molecule has 3 rings (SSSR count). The Kier molecular flexibility index (Phi) is 4.51. The van der Waals surface area contributed by atoms with Crippen LogP contribution >= 0.6 is 35.0 Å². The summed E-state index contributed by atoms with van der Waals surface area (Å²) in [6.07, 6.45) is 1.78. The first-order valence-electron chi connectivity index (χ1n) is 7.55. The molecule has 122 valence electrons. The number of para-hydroxylation sites is 2. The minimum Gasteiger partial charge on any atom is -0.274 e. The van der Waals surface area contributed by atoms with Gasteiger partial charge in [0.1, 0.15) is 4.49 Å². The first kappa shape index (κ1) is 16.9. The Bertz CT molecular complexity index is 793. The Morgan fingerprint density at radius 1 is 1.39 bits per heavy atom. The lowest BCUT2D eigenvalue weighted by atomic mass is 10.1. The third-order valence-electron chi connectivity index (χ3n) is 4.51. The van der Waals surface area contributed by atoms with Crippen molar-refractivity contribution in [2.45, 2.75) is 25.9 Å². The molecule has 1 saturated carbocycles. The van der Waals surface area contributed by atoms with Gasteiger partial charge in [-0.25, -0.2) is 4.98 Å². The van der Waals surface area contributed by atoms with Gasteiger partial charge >= 0.3 is 0 Å². The van der Waals surface area contributed by atoms with E-state index in [-0.39, 0.29) is 27.6 Å². The lowest BCUT2D eigenvalue weighted by Gasteiger charge is -2.08. The third kappa shape index (κ3) is 2.92. The van der Waals surface area contributed by atoms with Crippen LogP contribution in [0.4, 0.5) is 0 Å². The predicted octanol–water partition coefficient (Wildman–Crippen LogP) is 5.38. The molecular weight excluding hydrogens is 351 g/mol. The van der Waals surface area contributed by atoms with E-state index in [1.807, 2.05) is 24.3 Å². The zero-order valence-corrected chi connectivity index (χ0v) is 15.5. The van der Waals surface area contributed by atoms with Crippen LogP contribution < -0.4 is 0 Å². The molecule has 0 aliphatic heterocycles. The summed E-state index contributed by atoms with van der Waals surface area (Å²) >= 11 is 13.2. The first-order chi connectivity index (χ1) is 10.9. The normalized spacial score (nSPS) is 22.1. The fourth-order valence-corrected chi connectivity index (χ4v) is 4.19. The van der Waals surface area contributed by atoms with Gasteiger partial charge in [0.2, 0.25) is 5.91 Å². The maximum atomic E-state index is 13.2. The van der Waals surface area contributed by atoms with Gasteiger partial charge in [0.25, 0.3) is 0 Å². The summed E-state index contributed by atoms with van der Waals surface area (Å²) < 4.78 is 1.98. The van der Waals surface area contributed by atoms with Gasteiger partial charge in [-0.2, -0.15) is 0 Å². The van der Waals surface area contributed by atoms with E-state index in [9.17, 15) is 4.79 Å². The number of thioether (sulfide) groups is 1. The van der Waals surface area contributed by atoms with Crippen LogP contribution in [-0.2, 0) is 0 Å². The standard InChI is InChI=1S/C17H18Cl2N2OS/c1-4-23-16-20-11-7-5-6-8-12(11)21(16)15(22)14-10(9-13(18)19)17(14,2)3/h5-10,14H,4H2,1-3H3/t10-,14-/m0/s1. The molecular formula is C17H18Cl2N2OS. The van der Waals surface area contributed by atoms with Gasteiger partial charge in [0.15, 0.2) is 5.16 Å². The second kappa shape index (κ2) is 6.15. The highest BCUT2D eigenvalue weighted by Crippen LogP contribution is 2.60. The molecule has 1 fully saturated rings. The van der Waals surface area contributed by atoms with Crippen molar-refractivity contribution >= 4 is 51.9 Å². The fraction of sp³-hybridized carbons (Fsp3) is 0.412. The first-order valence-corrected chi connectivity index (χ1v) is 9.29. The third-order valence-corrected chi connectivity index (χ3v) is 5.58. The Morgan fingerprint density at radius 3 is 2.74 bits per heavy atom. The van der Waals surface area contributed by atoms with Crippen LogP contribution in [0, 0.1) is 17.3 Å². The quantitative estimate of drug-likeness (QED) is 0.679. The van der Waals surface area contributed by atoms with Gasteiger partial charge in [-0.05, 0) is 35.3 Å². The molecule has 0 bridgehead atoms. The van der Waals surface area contributed by atoms with Gasteiger partial charge < -0.3 is 0 Å². The summed E-state index contributed by atoms with van der Waals surface area (Å²) in [5.74, 6) is 0.849. The summed E-state index contributed by atoms with van der Waals surface area (Å²) in [4.78, 5) is 17.8. The van der Waals surface area contributed by atoms with Gasteiger partial charge in [-0.15, -0.1) is 0 Å². The number of imidazole rings is 1. The molecule has 0 N–H and O–H groups in total. The number of halogens is 2. The number of aromatic nitrogens is 2. The minimum absolute atomic E-state index is 0.0561. The van der Waals surface area contributed by atoms with Crippen molar-refractivity contribution in [3.8, 4) is 0 Å². The highest BCUT2D eigenvalue weighted by Gasteiger charge is 2.61. The molecule has 1 aromatic carbocycles. The van der Waals surface area contributed by atoms with E-state index in [2.05, 4.69) is 25.8 Å². The van der Waals surface area contributed by atoms with Gasteiger partial charge in [0, 0.05) is 0 Å². The molecule has 23 heavy (non-hydrogen) atoms. The molecule has 3 nitrogen and oxygen atoms in total. The Morgan fingerprint density at radius 2 is 2.09 bits per heavy atom. The smallest absolute Gasteiger partial charge is 0.237 e.